The molecule has 92 valence electrons. The minimum atomic E-state index is -0.549. The predicted octanol–water partition coefficient (Wildman–Crippen LogP) is 3.17. The van der Waals surface area contributed by atoms with E-state index in [0.29, 0.717) is 5.69 Å². The SMILES string of the molecule is O=C(Nc1cccc(F)c1)c1cc(Cl)nc(Cl)n1. The van der Waals surface area contributed by atoms with Crippen LogP contribution >= 0.6 is 23.2 Å². The number of aromatic nitrogens is 2. The van der Waals surface area contributed by atoms with Crippen molar-refractivity contribution >= 4 is 34.8 Å². The van der Waals surface area contributed by atoms with Gasteiger partial charge >= 0.3 is 0 Å². The van der Waals surface area contributed by atoms with Gasteiger partial charge in [-0.05, 0) is 29.8 Å². The zero-order valence-corrected chi connectivity index (χ0v) is 10.3. The summed E-state index contributed by atoms with van der Waals surface area (Å²) in [5, 5.41) is 2.39. The third-order valence-electron chi connectivity index (χ3n) is 1.98. The van der Waals surface area contributed by atoms with Crippen molar-refractivity contribution in [1.82, 2.24) is 9.97 Å². The summed E-state index contributed by atoms with van der Waals surface area (Å²) < 4.78 is 12.9. The van der Waals surface area contributed by atoms with Gasteiger partial charge in [-0.25, -0.2) is 14.4 Å². The van der Waals surface area contributed by atoms with E-state index in [0.717, 1.165) is 0 Å². The van der Waals surface area contributed by atoms with Crippen LogP contribution in [0.15, 0.2) is 30.3 Å². The fourth-order valence-electron chi connectivity index (χ4n) is 1.27. The highest BCUT2D eigenvalue weighted by Crippen LogP contribution is 2.14. The van der Waals surface area contributed by atoms with Gasteiger partial charge in [-0.3, -0.25) is 4.79 Å². The van der Waals surface area contributed by atoms with Crippen molar-refractivity contribution in [2.24, 2.45) is 0 Å². The highest BCUT2D eigenvalue weighted by atomic mass is 35.5. The van der Waals surface area contributed by atoms with Gasteiger partial charge in [0.15, 0.2) is 0 Å². The molecule has 7 heteroatoms. The van der Waals surface area contributed by atoms with Crippen molar-refractivity contribution in [3.63, 3.8) is 0 Å². The van der Waals surface area contributed by atoms with Gasteiger partial charge in [0, 0.05) is 11.8 Å². The van der Waals surface area contributed by atoms with E-state index in [-0.39, 0.29) is 16.1 Å². The molecular formula is C11H6Cl2FN3O. The van der Waals surface area contributed by atoms with E-state index in [1.54, 1.807) is 6.07 Å². The van der Waals surface area contributed by atoms with Gasteiger partial charge in [-0.1, -0.05) is 17.7 Å². The molecule has 1 aromatic heterocycles. The van der Waals surface area contributed by atoms with Crippen molar-refractivity contribution in [3.05, 3.63) is 52.3 Å². The Balaban J connectivity index is 2.22. The van der Waals surface area contributed by atoms with E-state index in [1.807, 2.05) is 0 Å². The third kappa shape index (κ3) is 3.15. The van der Waals surface area contributed by atoms with Crippen LogP contribution < -0.4 is 5.32 Å². The Kier molecular flexibility index (Phi) is 3.74. The van der Waals surface area contributed by atoms with Crippen LogP contribution in [-0.4, -0.2) is 15.9 Å². The number of nitrogens with zero attached hydrogens (tertiary/aromatic N) is 2. The standard InChI is InChI=1S/C11H6Cl2FN3O/c12-9-5-8(16-11(13)17-9)10(18)15-7-3-1-2-6(14)4-7/h1-5H,(H,15,18). The summed E-state index contributed by atoms with van der Waals surface area (Å²) in [7, 11) is 0. The first-order chi connectivity index (χ1) is 8.54. The molecule has 2 aromatic rings. The number of nitrogens with one attached hydrogen (secondary N) is 1. The molecule has 0 aliphatic rings. The van der Waals surface area contributed by atoms with E-state index in [1.165, 1.54) is 24.3 Å². The molecule has 0 unspecified atom stereocenters. The lowest BCUT2D eigenvalue weighted by Crippen LogP contribution is -2.14. The number of halogens is 3. The number of anilines is 1. The molecular weight excluding hydrogens is 280 g/mol. The number of rotatable bonds is 2. The summed E-state index contributed by atoms with van der Waals surface area (Å²) in [6.45, 7) is 0. The predicted molar refractivity (Wildman–Crippen MR) is 66.4 cm³/mol. The average Bonchev–Trinajstić information content (AvgIpc) is 2.27. The average molecular weight is 286 g/mol. The number of amides is 1. The highest BCUT2D eigenvalue weighted by molar-refractivity contribution is 6.32. The number of hydrogen-bond acceptors (Lipinski definition) is 3. The number of hydrogen-bond donors (Lipinski definition) is 1. The zero-order chi connectivity index (χ0) is 13.1. The van der Waals surface area contributed by atoms with Gasteiger partial charge < -0.3 is 5.32 Å². The van der Waals surface area contributed by atoms with Gasteiger partial charge in [0.1, 0.15) is 16.7 Å². The molecule has 1 heterocycles. The first-order valence-electron chi connectivity index (χ1n) is 4.81. The van der Waals surface area contributed by atoms with Gasteiger partial charge in [-0.15, -0.1) is 0 Å². The van der Waals surface area contributed by atoms with Crippen LogP contribution in [0.1, 0.15) is 10.5 Å². The van der Waals surface area contributed by atoms with Crippen LogP contribution in [0.2, 0.25) is 10.4 Å². The fourth-order valence-corrected chi connectivity index (χ4v) is 1.68. The largest absolute Gasteiger partial charge is 0.321 e. The number of carbonyl (C=O) groups excluding carboxylic acids is 1. The van der Waals surface area contributed by atoms with Crippen LogP contribution in [-0.2, 0) is 0 Å². The van der Waals surface area contributed by atoms with E-state index >= 15 is 0 Å². The quantitative estimate of drug-likeness (QED) is 0.681. The monoisotopic (exact) mass is 285 g/mol. The second-order valence-corrected chi connectivity index (χ2v) is 4.03. The van der Waals surface area contributed by atoms with Crippen molar-refractivity contribution in [2.45, 2.75) is 0 Å². The molecule has 0 fully saturated rings. The summed E-state index contributed by atoms with van der Waals surface area (Å²) in [5.41, 5.74) is 0.315. The second kappa shape index (κ2) is 5.29. The molecule has 0 radical (unpaired) electrons. The Morgan fingerprint density at radius 3 is 2.67 bits per heavy atom. The van der Waals surface area contributed by atoms with Crippen LogP contribution in [0.4, 0.5) is 10.1 Å². The molecule has 0 atom stereocenters. The number of benzene rings is 1. The minimum Gasteiger partial charge on any atom is -0.321 e. The lowest BCUT2D eigenvalue weighted by molar-refractivity contribution is 0.102. The van der Waals surface area contributed by atoms with E-state index in [2.05, 4.69) is 15.3 Å². The molecule has 0 aliphatic heterocycles. The highest BCUT2D eigenvalue weighted by Gasteiger charge is 2.11. The molecule has 0 bridgehead atoms. The molecule has 1 aromatic carbocycles. The zero-order valence-electron chi connectivity index (χ0n) is 8.82. The molecule has 0 spiro atoms. The van der Waals surface area contributed by atoms with Gasteiger partial charge in [0.05, 0.1) is 0 Å². The fraction of sp³-hybridized carbons (Fsp3) is 0. The molecule has 0 saturated heterocycles. The molecule has 1 amide bonds. The van der Waals surface area contributed by atoms with Crippen molar-refractivity contribution in [1.29, 1.82) is 0 Å². The van der Waals surface area contributed by atoms with Gasteiger partial charge in [0.2, 0.25) is 5.28 Å². The van der Waals surface area contributed by atoms with Crippen LogP contribution in [0.3, 0.4) is 0 Å². The van der Waals surface area contributed by atoms with Crippen molar-refractivity contribution in [2.75, 3.05) is 5.32 Å². The van der Waals surface area contributed by atoms with E-state index < -0.39 is 11.7 Å². The lowest BCUT2D eigenvalue weighted by atomic mass is 10.3. The summed E-state index contributed by atoms with van der Waals surface area (Å²) >= 11 is 11.2. The summed E-state index contributed by atoms with van der Waals surface area (Å²) in [4.78, 5) is 19.1. The first-order valence-corrected chi connectivity index (χ1v) is 5.57. The summed E-state index contributed by atoms with van der Waals surface area (Å²) in [6.07, 6.45) is 0. The summed E-state index contributed by atoms with van der Waals surface area (Å²) in [6, 6.07) is 6.74. The van der Waals surface area contributed by atoms with Crippen LogP contribution in [0, 0.1) is 5.82 Å². The van der Waals surface area contributed by atoms with E-state index in [9.17, 15) is 9.18 Å². The molecule has 0 saturated carbocycles. The topological polar surface area (TPSA) is 54.9 Å². The Labute approximate surface area is 112 Å². The second-order valence-electron chi connectivity index (χ2n) is 3.31. The van der Waals surface area contributed by atoms with Crippen LogP contribution in [0.5, 0.6) is 0 Å². The maximum Gasteiger partial charge on any atom is 0.274 e. The normalized spacial score (nSPS) is 10.2. The summed E-state index contributed by atoms with van der Waals surface area (Å²) in [5.74, 6) is -1.00. The van der Waals surface area contributed by atoms with Crippen molar-refractivity contribution in [3.8, 4) is 0 Å². The lowest BCUT2D eigenvalue weighted by Gasteiger charge is -2.05. The van der Waals surface area contributed by atoms with Gasteiger partial charge in [0.25, 0.3) is 5.91 Å². The molecule has 4 nitrogen and oxygen atoms in total. The Hall–Kier alpha value is -1.72. The molecule has 2 rings (SSSR count). The first kappa shape index (κ1) is 12.7. The molecule has 1 N–H and O–H groups in total. The molecule has 18 heavy (non-hydrogen) atoms. The minimum absolute atomic E-state index is 0.00395. The van der Waals surface area contributed by atoms with Crippen LogP contribution in [0.25, 0.3) is 0 Å². The van der Waals surface area contributed by atoms with Gasteiger partial charge in [-0.2, -0.15) is 0 Å². The maximum atomic E-state index is 12.9. The Morgan fingerprint density at radius 2 is 2.00 bits per heavy atom. The Morgan fingerprint density at radius 1 is 1.22 bits per heavy atom. The van der Waals surface area contributed by atoms with Crippen molar-refractivity contribution < 1.29 is 9.18 Å². The number of carbonyl (C=O) groups is 1. The third-order valence-corrected chi connectivity index (χ3v) is 2.35. The Bertz CT molecular complexity index is 586. The van der Waals surface area contributed by atoms with E-state index in [4.69, 9.17) is 23.2 Å². The maximum absolute atomic E-state index is 12.9. The molecule has 0 aliphatic carbocycles. The smallest absolute Gasteiger partial charge is 0.274 e.